The number of hydrogen-bond acceptors (Lipinski definition) is 2. The van der Waals surface area contributed by atoms with E-state index in [1.54, 1.807) is 0 Å². The van der Waals surface area contributed by atoms with Crippen molar-refractivity contribution in [3.05, 3.63) is 18.0 Å². The number of nitrogens with two attached hydrogens (primary N) is 1. The molecule has 0 aromatic carbocycles. The van der Waals surface area contributed by atoms with Crippen molar-refractivity contribution in [3.63, 3.8) is 0 Å². The minimum atomic E-state index is 0.141. The van der Waals surface area contributed by atoms with Crippen LogP contribution in [0.3, 0.4) is 0 Å². The second kappa shape index (κ2) is 5.94. The minimum absolute atomic E-state index is 0.141. The molecule has 4 heteroatoms. The van der Waals surface area contributed by atoms with Crippen LogP contribution in [-0.4, -0.2) is 28.5 Å². The van der Waals surface area contributed by atoms with Gasteiger partial charge in [-0.05, 0) is 25.3 Å². The Bertz CT molecular complexity index is 403. The Balaban J connectivity index is 2.16. The third kappa shape index (κ3) is 2.86. The third-order valence-corrected chi connectivity index (χ3v) is 3.49. The summed E-state index contributed by atoms with van der Waals surface area (Å²) in [7, 11) is 0. The number of carbonyl (C=O) groups is 1. The number of rotatable bonds is 3. The SMILES string of the molecule is CCCn1cc(N)cc1C(=O)N1CCCCCC1. The van der Waals surface area contributed by atoms with Gasteiger partial charge in [0.05, 0.1) is 5.69 Å². The lowest BCUT2D eigenvalue weighted by Gasteiger charge is -2.21. The molecule has 0 bridgehead atoms. The van der Waals surface area contributed by atoms with E-state index in [4.69, 9.17) is 5.73 Å². The fourth-order valence-corrected chi connectivity index (χ4v) is 2.57. The molecule has 1 aromatic rings. The van der Waals surface area contributed by atoms with E-state index in [1.807, 2.05) is 21.7 Å². The van der Waals surface area contributed by atoms with Crippen molar-refractivity contribution in [2.45, 2.75) is 45.6 Å². The molecule has 0 spiro atoms. The van der Waals surface area contributed by atoms with Gasteiger partial charge in [0, 0.05) is 25.8 Å². The molecule has 1 saturated heterocycles. The van der Waals surface area contributed by atoms with Gasteiger partial charge in [-0.1, -0.05) is 19.8 Å². The molecule has 0 atom stereocenters. The predicted molar refractivity (Wildman–Crippen MR) is 73.5 cm³/mol. The first-order valence-electron chi connectivity index (χ1n) is 6.97. The Morgan fingerprint density at radius 2 is 1.94 bits per heavy atom. The molecule has 1 aliphatic rings. The molecule has 1 aromatic heterocycles. The van der Waals surface area contributed by atoms with E-state index < -0.39 is 0 Å². The Hall–Kier alpha value is -1.45. The summed E-state index contributed by atoms with van der Waals surface area (Å²) in [6.45, 7) is 4.73. The maximum atomic E-state index is 12.5. The molecule has 2 rings (SSSR count). The molecule has 18 heavy (non-hydrogen) atoms. The number of nitrogen functional groups attached to an aromatic ring is 1. The number of anilines is 1. The highest BCUT2D eigenvalue weighted by atomic mass is 16.2. The van der Waals surface area contributed by atoms with Gasteiger partial charge in [0.15, 0.2) is 0 Å². The van der Waals surface area contributed by atoms with Crippen LogP contribution >= 0.6 is 0 Å². The van der Waals surface area contributed by atoms with Gasteiger partial charge in [-0.3, -0.25) is 4.79 Å². The molecular weight excluding hydrogens is 226 g/mol. The van der Waals surface area contributed by atoms with Crippen LogP contribution in [0.2, 0.25) is 0 Å². The van der Waals surface area contributed by atoms with Crippen molar-refractivity contribution >= 4 is 11.6 Å². The van der Waals surface area contributed by atoms with Crippen molar-refractivity contribution in [1.82, 2.24) is 9.47 Å². The first-order chi connectivity index (χ1) is 8.72. The van der Waals surface area contributed by atoms with Gasteiger partial charge in [0.2, 0.25) is 0 Å². The fraction of sp³-hybridized carbons (Fsp3) is 0.643. The van der Waals surface area contributed by atoms with E-state index in [9.17, 15) is 4.79 Å². The summed E-state index contributed by atoms with van der Waals surface area (Å²) in [6, 6.07) is 1.81. The summed E-state index contributed by atoms with van der Waals surface area (Å²) in [5.41, 5.74) is 7.24. The average Bonchev–Trinajstić information content (AvgIpc) is 2.57. The van der Waals surface area contributed by atoms with Crippen molar-refractivity contribution < 1.29 is 4.79 Å². The summed E-state index contributed by atoms with van der Waals surface area (Å²) in [6.07, 6.45) is 7.60. The van der Waals surface area contributed by atoms with Gasteiger partial charge in [0.25, 0.3) is 5.91 Å². The summed E-state index contributed by atoms with van der Waals surface area (Å²) >= 11 is 0. The van der Waals surface area contributed by atoms with E-state index in [2.05, 4.69) is 6.92 Å². The van der Waals surface area contributed by atoms with Crippen molar-refractivity contribution in [1.29, 1.82) is 0 Å². The highest BCUT2D eigenvalue weighted by Crippen LogP contribution is 2.17. The second-order valence-corrected chi connectivity index (χ2v) is 5.06. The summed E-state index contributed by atoms with van der Waals surface area (Å²) in [4.78, 5) is 14.5. The highest BCUT2D eigenvalue weighted by molar-refractivity contribution is 5.93. The maximum absolute atomic E-state index is 12.5. The largest absolute Gasteiger partial charge is 0.397 e. The predicted octanol–water partition coefficient (Wildman–Crippen LogP) is 2.50. The third-order valence-electron chi connectivity index (χ3n) is 3.49. The van der Waals surface area contributed by atoms with Gasteiger partial charge in [-0.25, -0.2) is 0 Å². The van der Waals surface area contributed by atoms with Crippen LogP contribution < -0.4 is 5.73 Å². The van der Waals surface area contributed by atoms with Gasteiger partial charge >= 0.3 is 0 Å². The number of carbonyl (C=O) groups excluding carboxylic acids is 1. The lowest BCUT2D eigenvalue weighted by atomic mass is 10.2. The van der Waals surface area contributed by atoms with Crippen LogP contribution in [0.25, 0.3) is 0 Å². The number of aromatic nitrogens is 1. The van der Waals surface area contributed by atoms with Crippen LogP contribution in [0.5, 0.6) is 0 Å². The summed E-state index contributed by atoms with van der Waals surface area (Å²) in [5.74, 6) is 0.141. The number of amides is 1. The number of nitrogens with zero attached hydrogens (tertiary/aromatic N) is 2. The Morgan fingerprint density at radius 1 is 1.28 bits per heavy atom. The molecule has 0 saturated carbocycles. The van der Waals surface area contributed by atoms with Crippen LogP contribution in [0.15, 0.2) is 12.3 Å². The first kappa shape index (κ1) is 13.0. The summed E-state index contributed by atoms with van der Waals surface area (Å²) in [5, 5.41) is 0. The Morgan fingerprint density at radius 3 is 2.56 bits per heavy atom. The zero-order chi connectivity index (χ0) is 13.0. The number of aryl methyl sites for hydroxylation is 1. The minimum Gasteiger partial charge on any atom is -0.397 e. The monoisotopic (exact) mass is 249 g/mol. The van der Waals surface area contributed by atoms with E-state index in [0.717, 1.165) is 44.6 Å². The molecule has 4 nitrogen and oxygen atoms in total. The van der Waals surface area contributed by atoms with Gasteiger partial charge in [-0.2, -0.15) is 0 Å². The molecule has 2 N–H and O–H groups in total. The normalized spacial score (nSPS) is 16.6. The number of hydrogen-bond donors (Lipinski definition) is 1. The van der Waals surface area contributed by atoms with E-state index in [1.165, 1.54) is 12.8 Å². The van der Waals surface area contributed by atoms with Crippen LogP contribution in [0.4, 0.5) is 5.69 Å². The molecule has 0 aliphatic carbocycles. The van der Waals surface area contributed by atoms with Gasteiger partial charge in [-0.15, -0.1) is 0 Å². The average molecular weight is 249 g/mol. The highest BCUT2D eigenvalue weighted by Gasteiger charge is 2.20. The second-order valence-electron chi connectivity index (χ2n) is 5.06. The Kier molecular flexibility index (Phi) is 4.28. The van der Waals surface area contributed by atoms with Crippen molar-refractivity contribution in [3.8, 4) is 0 Å². The van der Waals surface area contributed by atoms with E-state index in [0.29, 0.717) is 5.69 Å². The maximum Gasteiger partial charge on any atom is 0.270 e. The quantitative estimate of drug-likeness (QED) is 0.894. The number of likely N-dealkylation sites (tertiary alicyclic amines) is 1. The van der Waals surface area contributed by atoms with Gasteiger partial charge in [0.1, 0.15) is 5.69 Å². The standard InChI is InChI=1S/C14H23N3O/c1-2-7-17-11-12(15)10-13(17)14(18)16-8-5-3-4-6-9-16/h10-11H,2-9,15H2,1H3. The van der Waals surface area contributed by atoms with Crippen LogP contribution in [-0.2, 0) is 6.54 Å². The van der Waals surface area contributed by atoms with Crippen molar-refractivity contribution in [2.24, 2.45) is 0 Å². The lowest BCUT2D eigenvalue weighted by Crippen LogP contribution is -2.33. The molecule has 0 unspecified atom stereocenters. The smallest absolute Gasteiger partial charge is 0.270 e. The van der Waals surface area contributed by atoms with E-state index >= 15 is 0 Å². The first-order valence-corrected chi connectivity index (χ1v) is 6.97. The fourth-order valence-electron chi connectivity index (χ4n) is 2.57. The van der Waals surface area contributed by atoms with Crippen LogP contribution in [0, 0.1) is 0 Å². The zero-order valence-electron chi connectivity index (χ0n) is 11.2. The van der Waals surface area contributed by atoms with Crippen LogP contribution in [0.1, 0.15) is 49.5 Å². The zero-order valence-corrected chi connectivity index (χ0v) is 11.2. The van der Waals surface area contributed by atoms with Gasteiger partial charge < -0.3 is 15.2 Å². The topological polar surface area (TPSA) is 51.3 Å². The van der Waals surface area contributed by atoms with Crippen molar-refractivity contribution in [2.75, 3.05) is 18.8 Å². The molecular formula is C14H23N3O. The molecule has 1 aliphatic heterocycles. The molecule has 2 heterocycles. The molecule has 0 radical (unpaired) electrons. The molecule has 1 amide bonds. The van der Waals surface area contributed by atoms with E-state index in [-0.39, 0.29) is 5.91 Å². The molecule has 100 valence electrons. The molecule has 1 fully saturated rings. The Labute approximate surface area is 109 Å². The lowest BCUT2D eigenvalue weighted by molar-refractivity contribution is 0.0750. The summed E-state index contributed by atoms with van der Waals surface area (Å²) < 4.78 is 1.99.